The molecule has 0 spiro atoms. The summed E-state index contributed by atoms with van der Waals surface area (Å²) in [6.07, 6.45) is 3.98. The molecule has 0 unspecified atom stereocenters. The largest absolute Gasteiger partial charge is 0.314 e. The molecule has 6 nitrogen and oxygen atoms in total. The average Bonchev–Trinajstić information content (AvgIpc) is 3.16. The fraction of sp³-hybridized carbons (Fsp3) is 0.769. The lowest BCUT2D eigenvalue weighted by atomic mass is 10.4. The summed E-state index contributed by atoms with van der Waals surface area (Å²) in [6, 6.07) is 0.673. The van der Waals surface area contributed by atoms with Crippen LogP contribution >= 0.6 is 11.3 Å². The van der Waals surface area contributed by atoms with E-state index in [4.69, 9.17) is 0 Å². The van der Waals surface area contributed by atoms with E-state index in [0.717, 1.165) is 23.7 Å². The third-order valence-corrected chi connectivity index (χ3v) is 5.96. The van der Waals surface area contributed by atoms with Crippen LogP contribution in [0.1, 0.15) is 30.0 Å². The highest BCUT2D eigenvalue weighted by Gasteiger charge is 2.20. The summed E-state index contributed by atoms with van der Waals surface area (Å²) in [5.41, 5.74) is 0.984. The van der Waals surface area contributed by atoms with Crippen LogP contribution in [0.25, 0.3) is 0 Å². The maximum absolute atomic E-state index is 12.0. The van der Waals surface area contributed by atoms with Gasteiger partial charge in [0.15, 0.2) is 0 Å². The van der Waals surface area contributed by atoms with Gasteiger partial charge in [0.1, 0.15) is 0 Å². The van der Waals surface area contributed by atoms with Gasteiger partial charge in [-0.1, -0.05) is 0 Å². The van der Waals surface area contributed by atoms with E-state index >= 15 is 0 Å². The Morgan fingerprint density at radius 1 is 1.43 bits per heavy atom. The van der Waals surface area contributed by atoms with Crippen molar-refractivity contribution >= 4 is 21.5 Å². The van der Waals surface area contributed by atoms with Gasteiger partial charge in [-0.2, -0.15) is 12.7 Å². The molecule has 0 amide bonds. The Kier molecular flexibility index (Phi) is 6.12. The molecule has 1 aliphatic rings. The van der Waals surface area contributed by atoms with Crippen molar-refractivity contribution in [3.05, 3.63) is 16.1 Å². The molecular weight excluding hydrogens is 308 g/mol. The van der Waals surface area contributed by atoms with Crippen LogP contribution in [0.3, 0.4) is 0 Å². The monoisotopic (exact) mass is 332 g/mol. The van der Waals surface area contributed by atoms with Crippen molar-refractivity contribution in [2.45, 2.75) is 38.6 Å². The van der Waals surface area contributed by atoms with Crippen LogP contribution < -0.4 is 10.0 Å². The molecule has 0 atom stereocenters. The number of hydrogen-bond donors (Lipinski definition) is 2. The summed E-state index contributed by atoms with van der Waals surface area (Å²) in [5.74, 6) is 0. The SMILES string of the molecule is Cc1csc(CCNS(=O)(=O)N(C)CCCNC2CC2)n1. The third kappa shape index (κ3) is 5.99. The minimum atomic E-state index is -3.38. The highest BCUT2D eigenvalue weighted by molar-refractivity contribution is 7.87. The highest BCUT2D eigenvalue weighted by atomic mass is 32.2. The zero-order chi connectivity index (χ0) is 15.3. The standard InChI is InChI=1S/C13H24N4O2S2/c1-11-10-20-13(16-11)6-8-15-21(18,19)17(2)9-3-7-14-12-4-5-12/h10,12,14-15H,3-9H2,1-2H3. The summed E-state index contributed by atoms with van der Waals surface area (Å²) < 4.78 is 28.1. The molecule has 0 radical (unpaired) electrons. The summed E-state index contributed by atoms with van der Waals surface area (Å²) in [5, 5.41) is 6.32. The number of thiazole rings is 1. The molecule has 8 heteroatoms. The zero-order valence-corrected chi connectivity index (χ0v) is 14.3. The molecule has 0 bridgehead atoms. The maximum Gasteiger partial charge on any atom is 0.279 e. The fourth-order valence-corrected chi connectivity index (χ4v) is 3.66. The number of aromatic nitrogens is 1. The molecule has 1 saturated carbocycles. The number of hydrogen-bond acceptors (Lipinski definition) is 5. The minimum Gasteiger partial charge on any atom is -0.314 e. The molecule has 1 fully saturated rings. The Morgan fingerprint density at radius 3 is 2.81 bits per heavy atom. The highest BCUT2D eigenvalue weighted by Crippen LogP contribution is 2.18. The lowest BCUT2D eigenvalue weighted by Gasteiger charge is -2.17. The lowest BCUT2D eigenvalue weighted by Crippen LogP contribution is -2.40. The first-order chi connectivity index (χ1) is 9.97. The van der Waals surface area contributed by atoms with Gasteiger partial charge in [0.25, 0.3) is 10.2 Å². The predicted molar refractivity (Wildman–Crippen MR) is 85.7 cm³/mol. The molecule has 0 saturated heterocycles. The van der Waals surface area contributed by atoms with Crippen molar-refractivity contribution in [1.82, 2.24) is 19.3 Å². The Bertz CT molecular complexity index is 540. The first kappa shape index (κ1) is 16.8. The van der Waals surface area contributed by atoms with E-state index in [2.05, 4.69) is 15.0 Å². The smallest absolute Gasteiger partial charge is 0.279 e. The van der Waals surface area contributed by atoms with Crippen LogP contribution in [0.5, 0.6) is 0 Å². The average molecular weight is 332 g/mol. The van der Waals surface area contributed by atoms with Gasteiger partial charge in [-0.05, 0) is 32.7 Å². The topological polar surface area (TPSA) is 74.3 Å². The molecule has 1 heterocycles. The molecule has 2 N–H and O–H groups in total. The Balaban J connectivity index is 1.64. The fourth-order valence-electron chi connectivity index (χ4n) is 1.93. The second-order valence-electron chi connectivity index (χ2n) is 5.44. The molecular formula is C13H24N4O2S2. The number of nitrogens with one attached hydrogen (secondary N) is 2. The van der Waals surface area contributed by atoms with E-state index in [1.54, 1.807) is 18.4 Å². The van der Waals surface area contributed by atoms with Crippen molar-refractivity contribution in [3.63, 3.8) is 0 Å². The molecule has 1 aliphatic carbocycles. The molecule has 2 rings (SSSR count). The van der Waals surface area contributed by atoms with Crippen LogP contribution in [-0.4, -0.2) is 50.4 Å². The summed E-state index contributed by atoms with van der Waals surface area (Å²) in [7, 11) is -1.76. The van der Waals surface area contributed by atoms with E-state index in [9.17, 15) is 8.42 Å². The first-order valence-electron chi connectivity index (χ1n) is 7.33. The molecule has 21 heavy (non-hydrogen) atoms. The second-order valence-corrected chi connectivity index (χ2v) is 8.24. The van der Waals surface area contributed by atoms with Gasteiger partial charge in [-0.15, -0.1) is 11.3 Å². The number of aryl methyl sites for hydroxylation is 1. The van der Waals surface area contributed by atoms with Crippen molar-refractivity contribution in [1.29, 1.82) is 0 Å². The van der Waals surface area contributed by atoms with Crippen molar-refractivity contribution in [2.24, 2.45) is 0 Å². The van der Waals surface area contributed by atoms with Gasteiger partial charge >= 0.3 is 0 Å². The van der Waals surface area contributed by atoms with Crippen LogP contribution in [0.15, 0.2) is 5.38 Å². The van der Waals surface area contributed by atoms with E-state index in [1.165, 1.54) is 17.1 Å². The van der Waals surface area contributed by atoms with Crippen molar-refractivity contribution < 1.29 is 8.42 Å². The normalized spacial score (nSPS) is 15.8. The Labute approximate surface area is 131 Å². The number of rotatable bonds is 10. The van der Waals surface area contributed by atoms with Gasteiger partial charge in [0.2, 0.25) is 0 Å². The van der Waals surface area contributed by atoms with E-state index in [1.807, 2.05) is 12.3 Å². The number of nitrogens with zero attached hydrogens (tertiary/aromatic N) is 2. The summed E-state index contributed by atoms with van der Waals surface area (Å²) >= 11 is 1.57. The van der Waals surface area contributed by atoms with Crippen LogP contribution in [0, 0.1) is 6.92 Å². The summed E-state index contributed by atoms with van der Waals surface area (Å²) in [6.45, 7) is 3.74. The van der Waals surface area contributed by atoms with Gasteiger partial charge < -0.3 is 5.32 Å². The Hall–Kier alpha value is -0.540. The molecule has 0 aliphatic heterocycles. The van der Waals surface area contributed by atoms with Gasteiger partial charge in [-0.25, -0.2) is 9.71 Å². The molecule has 1 aromatic rings. The van der Waals surface area contributed by atoms with Gasteiger partial charge in [0.05, 0.1) is 5.01 Å². The van der Waals surface area contributed by atoms with E-state index in [-0.39, 0.29) is 0 Å². The third-order valence-electron chi connectivity index (χ3n) is 3.36. The first-order valence-corrected chi connectivity index (χ1v) is 9.64. The maximum atomic E-state index is 12.0. The summed E-state index contributed by atoms with van der Waals surface area (Å²) in [4.78, 5) is 4.32. The van der Waals surface area contributed by atoms with Crippen LogP contribution in [0.2, 0.25) is 0 Å². The molecule has 1 aromatic heterocycles. The van der Waals surface area contributed by atoms with Crippen LogP contribution in [0.4, 0.5) is 0 Å². The molecule has 120 valence electrons. The predicted octanol–water partition coefficient (Wildman–Crippen LogP) is 0.902. The molecule has 0 aromatic carbocycles. The lowest BCUT2D eigenvalue weighted by molar-refractivity contribution is 0.444. The van der Waals surface area contributed by atoms with Crippen molar-refractivity contribution in [2.75, 3.05) is 26.7 Å². The van der Waals surface area contributed by atoms with Gasteiger partial charge in [0, 0.05) is 43.7 Å². The quantitative estimate of drug-likeness (QED) is 0.625. The van der Waals surface area contributed by atoms with E-state index < -0.39 is 10.2 Å². The van der Waals surface area contributed by atoms with Crippen LogP contribution in [-0.2, 0) is 16.6 Å². The second kappa shape index (κ2) is 7.64. The zero-order valence-electron chi connectivity index (χ0n) is 12.6. The van der Waals surface area contributed by atoms with Crippen molar-refractivity contribution in [3.8, 4) is 0 Å². The minimum absolute atomic E-state index is 0.389. The van der Waals surface area contributed by atoms with E-state index in [0.29, 0.717) is 25.6 Å². The Morgan fingerprint density at radius 2 is 2.19 bits per heavy atom. The van der Waals surface area contributed by atoms with Gasteiger partial charge in [-0.3, -0.25) is 0 Å².